The Hall–Kier alpha value is -1.99. The second kappa shape index (κ2) is 5.03. The maximum Gasteiger partial charge on any atom is 0.449 e. The monoisotopic (exact) mass is 317 g/mol. The highest BCUT2D eigenvalue weighted by Crippen LogP contribution is 2.36. The zero-order valence-corrected chi connectivity index (χ0v) is 13.0. The number of carbonyl (C=O) groups excluding carboxylic acids is 1. The van der Waals surface area contributed by atoms with Gasteiger partial charge >= 0.3 is 12.3 Å². The van der Waals surface area contributed by atoms with Gasteiger partial charge in [-0.25, -0.2) is 9.78 Å². The molecular weight excluding hydrogens is 299 g/mol. The molecule has 1 aromatic rings. The van der Waals surface area contributed by atoms with Crippen molar-refractivity contribution in [1.82, 2.24) is 14.5 Å². The second-order valence-corrected chi connectivity index (χ2v) is 6.14. The lowest BCUT2D eigenvalue weighted by Gasteiger charge is -2.30. The molecule has 1 atom stereocenters. The van der Waals surface area contributed by atoms with Gasteiger partial charge in [-0.3, -0.25) is 4.90 Å². The summed E-state index contributed by atoms with van der Waals surface area (Å²) in [6.45, 7) is 6.77. The number of alkyl halides is 3. The quantitative estimate of drug-likeness (QED) is 0.732. The third-order valence-electron chi connectivity index (χ3n) is 3.23. The van der Waals surface area contributed by atoms with Gasteiger partial charge in [0.2, 0.25) is 5.82 Å². The van der Waals surface area contributed by atoms with Crippen LogP contribution in [0.25, 0.3) is 6.08 Å². The van der Waals surface area contributed by atoms with E-state index in [1.807, 2.05) is 0 Å². The highest BCUT2D eigenvalue weighted by atomic mass is 19.4. The molecule has 122 valence electrons. The second-order valence-electron chi connectivity index (χ2n) is 6.14. The SMILES string of the molecule is CC1c2nc(C(F)(F)F)n(C)c2C=CN1C(=O)OC(C)(C)C. The van der Waals surface area contributed by atoms with E-state index in [0.717, 1.165) is 4.57 Å². The normalized spacial score (nSPS) is 18.4. The Bertz CT molecular complexity index is 627. The molecule has 0 aromatic carbocycles. The Kier molecular flexibility index (Phi) is 3.75. The summed E-state index contributed by atoms with van der Waals surface area (Å²) in [6, 6.07) is -0.642. The number of hydrogen-bond donors (Lipinski definition) is 0. The summed E-state index contributed by atoms with van der Waals surface area (Å²) < 4.78 is 45.0. The van der Waals surface area contributed by atoms with E-state index in [-0.39, 0.29) is 5.69 Å². The summed E-state index contributed by atoms with van der Waals surface area (Å²) in [7, 11) is 1.30. The van der Waals surface area contributed by atoms with Gasteiger partial charge in [0.25, 0.3) is 0 Å². The molecule has 0 N–H and O–H groups in total. The number of halogens is 3. The molecule has 1 unspecified atom stereocenters. The fourth-order valence-corrected chi connectivity index (χ4v) is 2.24. The maximum absolute atomic E-state index is 12.9. The Labute approximate surface area is 126 Å². The van der Waals surface area contributed by atoms with Crippen molar-refractivity contribution in [3.8, 4) is 0 Å². The van der Waals surface area contributed by atoms with E-state index in [4.69, 9.17) is 4.74 Å². The molecule has 8 heteroatoms. The minimum Gasteiger partial charge on any atom is -0.443 e. The predicted molar refractivity (Wildman–Crippen MR) is 73.7 cm³/mol. The molecule has 1 aliphatic rings. The molecule has 0 bridgehead atoms. The molecule has 0 fully saturated rings. The number of nitrogens with zero attached hydrogens (tertiary/aromatic N) is 3. The summed E-state index contributed by atoms with van der Waals surface area (Å²) in [4.78, 5) is 17.0. The van der Waals surface area contributed by atoms with Crippen LogP contribution in [0.5, 0.6) is 0 Å². The number of rotatable bonds is 0. The lowest BCUT2D eigenvalue weighted by Crippen LogP contribution is -2.36. The summed E-state index contributed by atoms with van der Waals surface area (Å²) in [6.07, 6.45) is -2.32. The lowest BCUT2D eigenvalue weighted by molar-refractivity contribution is -0.146. The highest BCUT2D eigenvalue weighted by molar-refractivity contribution is 5.73. The van der Waals surface area contributed by atoms with Crippen molar-refractivity contribution < 1.29 is 22.7 Å². The van der Waals surface area contributed by atoms with E-state index in [1.54, 1.807) is 27.7 Å². The first-order valence-electron chi connectivity index (χ1n) is 6.75. The van der Waals surface area contributed by atoms with Crippen LogP contribution in [0.1, 0.15) is 50.9 Å². The van der Waals surface area contributed by atoms with Gasteiger partial charge < -0.3 is 9.30 Å². The summed E-state index contributed by atoms with van der Waals surface area (Å²) in [5, 5.41) is 0. The Morgan fingerprint density at radius 2 is 1.91 bits per heavy atom. The standard InChI is InChI=1S/C14H18F3N3O2/c1-8-10-9(19(5)11(18-10)14(15,16)17)6-7-20(8)12(21)22-13(2,3)4/h6-8H,1-5H3. The Morgan fingerprint density at radius 3 is 2.41 bits per heavy atom. The largest absolute Gasteiger partial charge is 0.449 e. The Balaban J connectivity index is 2.35. The Morgan fingerprint density at radius 1 is 1.32 bits per heavy atom. The van der Waals surface area contributed by atoms with Gasteiger partial charge in [0.05, 0.1) is 17.4 Å². The maximum atomic E-state index is 12.9. The van der Waals surface area contributed by atoms with Gasteiger partial charge in [-0.2, -0.15) is 13.2 Å². The van der Waals surface area contributed by atoms with Crippen LogP contribution in [-0.4, -0.2) is 26.1 Å². The van der Waals surface area contributed by atoms with Crippen molar-refractivity contribution in [2.75, 3.05) is 0 Å². The van der Waals surface area contributed by atoms with Crippen LogP contribution in [0.3, 0.4) is 0 Å². The number of hydrogen-bond acceptors (Lipinski definition) is 3. The van der Waals surface area contributed by atoms with E-state index >= 15 is 0 Å². The van der Waals surface area contributed by atoms with E-state index in [2.05, 4.69) is 4.98 Å². The van der Waals surface area contributed by atoms with E-state index in [1.165, 1.54) is 24.2 Å². The lowest BCUT2D eigenvalue weighted by atomic mass is 10.1. The highest BCUT2D eigenvalue weighted by Gasteiger charge is 2.40. The van der Waals surface area contributed by atoms with Crippen molar-refractivity contribution in [1.29, 1.82) is 0 Å². The molecule has 22 heavy (non-hydrogen) atoms. The summed E-state index contributed by atoms with van der Waals surface area (Å²) in [5.74, 6) is -0.986. The predicted octanol–water partition coefficient (Wildman–Crippen LogP) is 3.72. The number of aromatic nitrogens is 2. The van der Waals surface area contributed by atoms with Crippen molar-refractivity contribution in [3.05, 3.63) is 23.4 Å². The first-order valence-corrected chi connectivity index (χ1v) is 6.75. The smallest absolute Gasteiger partial charge is 0.443 e. The average molecular weight is 317 g/mol. The van der Waals surface area contributed by atoms with Gasteiger partial charge in [0.15, 0.2) is 0 Å². The number of ether oxygens (including phenoxy) is 1. The first-order chi connectivity index (χ1) is 9.92. The summed E-state index contributed by atoms with van der Waals surface area (Å²) in [5.41, 5.74) is -0.158. The van der Waals surface area contributed by atoms with Crippen LogP contribution >= 0.6 is 0 Å². The molecule has 2 rings (SSSR count). The fourth-order valence-electron chi connectivity index (χ4n) is 2.24. The molecule has 0 radical (unpaired) electrons. The average Bonchev–Trinajstić information content (AvgIpc) is 2.65. The molecule has 2 heterocycles. The van der Waals surface area contributed by atoms with E-state index in [0.29, 0.717) is 5.69 Å². The minimum atomic E-state index is -4.55. The van der Waals surface area contributed by atoms with Gasteiger partial charge in [-0.1, -0.05) is 0 Å². The van der Waals surface area contributed by atoms with Crippen LogP contribution in [0.4, 0.5) is 18.0 Å². The van der Waals surface area contributed by atoms with E-state index in [9.17, 15) is 18.0 Å². The third kappa shape index (κ3) is 2.95. The number of amides is 1. The van der Waals surface area contributed by atoms with Crippen molar-refractivity contribution in [2.45, 2.75) is 45.5 Å². The van der Waals surface area contributed by atoms with Crippen molar-refractivity contribution in [2.24, 2.45) is 7.05 Å². The zero-order valence-electron chi connectivity index (χ0n) is 13.0. The molecule has 5 nitrogen and oxygen atoms in total. The topological polar surface area (TPSA) is 47.4 Å². The van der Waals surface area contributed by atoms with Crippen molar-refractivity contribution in [3.63, 3.8) is 0 Å². The van der Waals surface area contributed by atoms with Crippen LogP contribution in [0.15, 0.2) is 6.20 Å². The molecule has 1 aromatic heterocycles. The van der Waals surface area contributed by atoms with Crippen molar-refractivity contribution >= 4 is 12.2 Å². The van der Waals surface area contributed by atoms with E-state index < -0.39 is 29.7 Å². The van der Waals surface area contributed by atoms with Gasteiger partial charge in [0.1, 0.15) is 5.60 Å². The molecule has 0 saturated heterocycles. The van der Waals surface area contributed by atoms with Crippen LogP contribution in [0, 0.1) is 0 Å². The van der Waals surface area contributed by atoms with Gasteiger partial charge in [-0.05, 0) is 33.8 Å². The van der Waals surface area contributed by atoms with Crippen LogP contribution in [-0.2, 0) is 18.0 Å². The molecule has 0 saturated carbocycles. The number of carbonyl (C=O) groups is 1. The molecular formula is C14H18F3N3O2. The fraction of sp³-hybridized carbons (Fsp3) is 0.571. The zero-order chi connectivity index (χ0) is 16.9. The van der Waals surface area contributed by atoms with Crippen LogP contribution < -0.4 is 0 Å². The van der Waals surface area contributed by atoms with Gasteiger partial charge in [-0.15, -0.1) is 0 Å². The molecule has 0 spiro atoms. The number of fused-ring (bicyclic) bond motifs is 1. The third-order valence-corrected chi connectivity index (χ3v) is 3.23. The molecule has 1 amide bonds. The summed E-state index contributed by atoms with van der Waals surface area (Å²) >= 11 is 0. The molecule has 1 aliphatic heterocycles. The van der Waals surface area contributed by atoms with Gasteiger partial charge in [0, 0.05) is 13.2 Å². The first kappa shape index (κ1) is 16.4. The number of imidazole rings is 1. The molecule has 0 aliphatic carbocycles. The van der Waals surface area contributed by atoms with Crippen LogP contribution in [0.2, 0.25) is 0 Å². The minimum absolute atomic E-state index is 0.197.